The maximum atomic E-state index is 11.7. The zero-order valence-electron chi connectivity index (χ0n) is 15.3. The van der Waals surface area contributed by atoms with Crippen LogP contribution in [0.25, 0.3) is 0 Å². The first-order valence-corrected chi connectivity index (χ1v) is 10.7. The van der Waals surface area contributed by atoms with E-state index in [9.17, 15) is 8.42 Å². The van der Waals surface area contributed by atoms with Crippen molar-refractivity contribution >= 4 is 21.5 Å². The Balaban J connectivity index is 1.56. The molecule has 0 bridgehead atoms. The highest BCUT2D eigenvalue weighted by Gasteiger charge is 2.21. The van der Waals surface area contributed by atoms with Gasteiger partial charge < -0.3 is 5.32 Å². The van der Waals surface area contributed by atoms with Crippen LogP contribution in [0.3, 0.4) is 0 Å². The van der Waals surface area contributed by atoms with Crippen LogP contribution >= 0.6 is 0 Å². The minimum Gasteiger partial charge on any atom is -0.323 e. The summed E-state index contributed by atoms with van der Waals surface area (Å²) in [5.74, 6) is 2.17. The summed E-state index contributed by atoms with van der Waals surface area (Å²) in [6, 6.07) is 8.70. The van der Waals surface area contributed by atoms with Gasteiger partial charge in [-0.25, -0.2) is 18.4 Å². The van der Waals surface area contributed by atoms with E-state index in [4.69, 9.17) is 0 Å². The largest absolute Gasteiger partial charge is 0.323 e. The SMILES string of the molecule is Cn1nc(Nc2ccnc(Cc3cccc(S(C)(=O)=O)c3)n2)c2c1CCC2. The van der Waals surface area contributed by atoms with Crippen LogP contribution in [-0.4, -0.2) is 34.4 Å². The number of benzene rings is 1. The number of aryl methyl sites for hydroxylation is 1. The van der Waals surface area contributed by atoms with Crippen molar-refractivity contribution in [2.45, 2.75) is 30.6 Å². The summed E-state index contributed by atoms with van der Waals surface area (Å²) in [7, 11) is -1.27. The zero-order valence-corrected chi connectivity index (χ0v) is 16.1. The molecule has 3 aromatic rings. The second kappa shape index (κ2) is 6.77. The minimum atomic E-state index is -3.23. The first-order chi connectivity index (χ1) is 12.9. The summed E-state index contributed by atoms with van der Waals surface area (Å²) >= 11 is 0. The number of fused-ring (bicyclic) bond motifs is 1. The van der Waals surface area contributed by atoms with Gasteiger partial charge in [-0.15, -0.1) is 0 Å². The van der Waals surface area contributed by atoms with Crippen LogP contribution in [0.5, 0.6) is 0 Å². The maximum Gasteiger partial charge on any atom is 0.175 e. The lowest BCUT2D eigenvalue weighted by Crippen LogP contribution is -2.03. The van der Waals surface area contributed by atoms with Gasteiger partial charge in [0.2, 0.25) is 0 Å². The number of aromatic nitrogens is 4. The first kappa shape index (κ1) is 17.7. The molecule has 0 radical (unpaired) electrons. The predicted octanol–water partition coefficient (Wildman–Crippen LogP) is 2.44. The van der Waals surface area contributed by atoms with Gasteiger partial charge in [0.15, 0.2) is 15.7 Å². The molecule has 0 saturated carbocycles. The van der Waals surface area contributed by atoms with Crippen LogP contribution in [0.15, 0.2) is 41.4 Å². The smallest absolute Gasteiger partial charge is 0.175 e. The summed E-state index contributed by atoms with van der Waals surface area (Å²) in [5, 5.41) is 7.87. The molecule has 0 saturated heterocycles. The normalized spacial score (nSPS) is 13.6. The molecule has 1 aromatic carbocycles. The Labute approximate surface area is 158 Å². The molecule has 0 fully saturated rings. The Hall–Kier alpha value is -2.74. The highest BCUT2D eigenvalue weighted by Crippen LogP contribution is 2.29. The van der Waals surface area contributed by atoms with Crippen molar-refractivity contribution in [3.8, 4) is 0 Å². The Morgan fingerprint density at radius 2 is 2.07 bits per heavy atom. The molecule has 0 spiro atoms. The molecule has 8 heteroatoms. The van der Waals surface area contributed by atoms with E-state index < -0.39 is 9.84 Å². The molecule has 140 valence electrons. The molecule has 7 nitrogen and oxygen atoms in total. The number of hydrogen-bond acceptors (Lipinski definition) is 6. The fraction of sp³-hybridized carbons (Fsp3) is 0.316. The van der Waals surface area contributed by atoms with Crippen LogP contribution in [0.2, 0.25) is 0 Å². The van der Waals surface area contributed by atoms with Gasteiger partial charge in [-0.3, -0.25) is 4.68 Å². The van der Waals surface area contributed by atoms with Crippen molar-refractivity contribution in [1.29, 1.82) is 0 Å². The average molecular weight is 383 g/mol. The van der Waals surface area contributed by atoms with Crippen LogP contribution < -0.4 is 5.32 Å². The molecular formula is C19H21N5O2S. The fourth-order valence-corrected chi connectivity index (χ4v) is 4.15. The van der Waals surface area contributed by atoms with Gasteiger partial charge >= 0.3 is 0 Å². The Morgan fingerprint density at radius 1 is 1.22 bits per heavy atom. The molecule has 1 aliphatic carbocycles. The lowest BCUT2D eigenvalue weighted by atomic mass is 10.1. The van der Waals surface area contributed by atoms with Gasteiger partial charge in [0, 0.05) is 37.2 Å². The van der Waals surface area contributed by atoms with Gasteiger partial charge in [-0.05, 0) is 43.0 Å². The van der Waals surface area contributed by atoms with E-state index in [0.29, 0.717) is 23.0 Å². The lowest BCUT2D eigenvalue weighted by Gasteiger charge is -2.07. The highest BCUT2D eigenvalue weighted by atomic mass is 32.2. The number of sulfone groups is 1. The lowest BCUT2D eigenvalue weighted by molar-refractivity contribution is 0.601. The molecular weight excluding hydrogens is 362 g/mol. The fourth-order valence-electron chi connectivity index (χ4n) is 3.45. The maximum absolute atomic E-state index is 11.7. The van der Waals surface area contributed by atoms with Crippen molar-refractivity contribution in [3.05, 3.63) is 59.2 Å². The van der Waals surface area contributed by atoms with E-state index >= 15 is 0 Å². The number of nitrogens with zero attached hydrogens (tertiary/aromatic N) is 4. The standard InChI is InChI=1S/C19H21N5O2S/c1-24-16-8-4-7-15(16)19(23-24)22-17-9-10-20-18(21-17)12-13-5-3-6-14(11-13)27(2,25)26/h3,5-6,9-11H,4,7-8,12H2,1-2H3,(H,20,21,22,23). The number of anilines is 2. The molecule has 2 aromatic heterocycles. The van der Waals surface area contributed by atoms with Crippen LogP contribution in [-0.2, 0) is 36.1 Å². The summed E-state index contributed by atoms with van der Waals surface area (Å²) in [4.78, 5) is 9.19. The quantitative estimate of drug-likeness (QED) is 0.728. The van der Waals surface area contributed by atoms with Crippen LogP contribution in [0.1, 0.15) is 29.1 Å². The Morgan fingerprint density at radius 3 is 2.89 bits per heavy atom. The summed E-state index contributed by atoms with van der Waals surface area (Å²) in [5.41, 5.74) is 3.40. The van der Waals surface area contributed by atoms with Gasteiger partial charge in [-0.1, -0.05) is 12.1 Å². The monoisotopic (exact) mass is 383 g/mol. The number of hydrogen-bond donors (Lipinski definition) is 1. The second-order valence-corrected chi connectivity index (χ2v) is 8.85. The number of nitrogens with one attached hydrogen (secondary N) is 1. The van der Waals surface area contributed by atoms with E-state index in [-0.39, 0.29) is 0 Å². The number of rotatable bonds is 5. The van der Waals surface area contributed by atoms with Gasteiger partial charge in [0.1, 0.15) is 11.6 Å². The topological polar surface area (TPSA) is 89.8 Å². The third kappa shape index (κ3) is 3.71. The van der Waals surface area contributed by atoms with Crippen LogP contribution in [0.4, 0.5) is 11.6 Å². The minimum absolute atomic E-state index is 0.304. The molecule has 0 unspecified atom stereocenters. The molecule has 0 aliphatic heterocycles. The molecule has 4 rings (SSSR count). The molecule has 2 heterocycles. The van der Waals surface area contributed by atoms with Crippen molar-refractivity contribution in [2.24, 2.45) is 7.05 Å². The summed E-state index contributed by atoms with van der Waals surface area (Å²) < 4.78 is 25.4. The predicted molar refractivity (Wildman–Crippen MR) is 103 cm³/mol. The average Bonchev–Trinajstić information content (AvgIpc) is 3.20. The first-order valence-electron chi connectivity index (χ1n) is 8.83. The van der Waals surface area contributed by atoms with E-state index in [1.807, 2.05) is 23.9 Å². The summed E-state index contributed by atoms with van der Waals surface area (Å²) in [6.45, 7) is 0. The van der Waals surface area contributed by atoms with E-state index in [1.54, 1.807) is 24.4 Å². The second-order valence-electron chi connectivity index (χ2n) is 6.83. The third-order valence-corrected chi connectivity index (χ3v) is 5.87. The van der Waals surface area contributed by atoms with E-state index in [2.05, 4.69) is 20.4 Å². The van der Waals surface area contributed by atoms with Gasteiger partial charge in [0.05, 0.1) is 4.90 Å². The van der Waals surface area contributed by atoms with Gasteiger partial charge in [0.25, 0.3) is 0 Å². The Kier molecular flexibility index (Phi) is 4.43. The van der Waals surface area contributed by atoms with Crippen molar-refractivity contribution < 1.29 is 8.42 Å². The zero-order chi connectivity index (χ0) is 19.0. The van der Waals surface area contributed by atoms with E-state index in [0.717, 1.165) is 30.6 Å². The molecule has 0 amide bonds. The van der Waals surface area contributed by atoms with Crippen molar-refractivity contribution in [3.63, 3.8) is 0 Å². The Bertz CT molecular complexity index is 1110. The highest BCUT2D eigenvalue weighted by molar-refractivity contribution is 7.90. The summed E-state index contributed by atoms with van der Waals surface area (Å²) in [6.07, 6.45) is 6.61. The van der Waals surface area contributed by atoms with E-state index in [1.165, 1.54) is 17.5 Å². The third-order valence-electron chi connectivity index (χ3n) is 4.76. The molecule has 0 atom stereocenters. The molecule has 1 N–H and O–H groups in total. The van der Waals surface area contributed by atoms with Crippen molar-refractivity contribution in [1.82, 2.24) is 19.7 Å². The van der Waals surface area contributed by atoms with Crippen LogP contribution in [0, 0.1) is 0 Å². The molecule has 27 heavy (non-hydrogen) atoms. The van der Waals surface area contributed by atoms with Crippen molar-refractivity contribution in [2.75, 3.05) is 11.6 Å². The molecule has 1 aliphatic rings. The van der Waals surface area contributed by atoms with Gasteiger partial charge in [-0.2, -0.15) is 5.10 Å².